The van der Waals surface area contributed by atoms with Gasteiger partial charge < -0.3 is 10.4 Å². The molecule has 2 nitrogen and oxygen atoms in total. The van der Waals surface area contributed by atoms with Crippen LogP contribution in [0, 0.1) is 0 Å². The largest absolute Gasteiger partial charge is 0.395 e. The molecule has 0 aliphatic heterocycles. The molecule has 1 aromatic rings. The number of halogens is 2. The molecule has 0 saturated heterocycles. The molecular weight excluding hydrogens is 289 g/mol. The number of aliphatic hydroxyl groups excluding tert-OH is 1. The molecule has 102 valence electrons. The first kappa shape index (κ1) is 16.1. The normalized spacial score (nSPS) is 12.7. The van der Waals surface area contributed by atoms with Crippen LogP contribution in [0.15, 0.2) is 23.1 Å². The van der Waals surface area contributed by atoms with E-state index in [0.29, 0.717) is 5.02 Å². The molecule has 0 radical (unpaired) electrons. The summed E-state index contributed by atoms with van der Waals surface area (Å²) in [5, 5.41) is 14.0. The van der Waals surface area contributed by atoms with Crippen molar-refractivity contribution in [3.05, 3.63) is 28.2 Å². The molecule has 2 N–H and O–H groups in total. The van der Waals surface area contributed by atoms with Gasteiger partial charge in [0.15, 0.2) is 0 Å². The second kappa shape index (κ2) is 9.05. The number of benzene rings is 1. The Bertz CT molecular complexity index is 363. The Morgan fingerprint density at radius 1 is 1.39 bits per heavy atom. The standard InChI is InChI=1S/C13H19Cl2NOS/c1-2-6-16-11(9-17)5-7-18-13-8-10(14)3-4-12(13)15/h3-4,8,11,16-17H,2,5-7,9H2,1H3. The van der Waals surface area contributed by atoms with Crippen molar-refractivity contribution in [3.8, 4) is 0 Å². The van der Waals surface area contributed by atoms with Crippen molar-refractivity contribution in [2.45, 2.75) is 30.7 Å². The van der Waals surface area contributed by atoms with Gasteiger partial charge in [0.2, 0.25) is 0 Å². The van der Waals surface area contributed by atoms with E-state index in [4.69, 9.17) is 23.2 Å². The van der Waals surface area contributed by atoms with Crippen molar-refractivity contribution in [2.75, 3.05) is 18.9 Å². The van der Waals surface area contributed by atoms with E-state index in [2.05, 4.69) is 12.2 Å². The molecule has 0 aliphatic carbocycles. The van der Waals surface area contributed by atoms with Gasteiger partial charge in [0, 0.05) is 16.0 Å². The molecule has 0 fully saturated rings. The summed E-state index contributed by atoms with van der Waals surface area (Å²) in [5.41, 5.74) is 0. The molecule has 0 amide bonds. The van der Waals surface area contributed by atoms with E-state index in [0.717, 1.165) is 35.1 Å². The molecule has 0 saturated carbocycles. The van der Waals surface area contributed by atoms with Gasteiger partial charge in [-0.1, -0.05) is 30.1 Å². The Hall–Kier alpha value is 0.0700. The van der Waals surface area contributed by atoms with Crippen molar-refractivity contribution in [1.82, 2.24) is 5.32 Å². The lowest BCUT2D eigenvalue weighted by atomic mass is 10.2. The summed E-state index contributed by atoms with van der Waals surface area (Å²) >= 11 is 13.7. The zero-order valence-electron chi connectivity index (χ0n) is 10.5. The van der Waals surface area contributed by atoms with Gasteiger partial charge in [-0.2, -0.15) is 0 Å². The second-order valence-corrected chi connectivity index (χ2v) is 6.03. The number of nitrogens with one attached hydrogen (secondary N) is 1. The van der Waals surface area contributed by atoms with Gasteiger partial charge in [-0.15, -0.1) is 11.8 Å². The Morgan fingerprint density at radius 2 is 2.17 bits per heavy atom. The lowest BCUT2D eigenvalue weighted by Crippen LogP contribution is -2.33. The van der Waals surface area contributed by atoms with E-state index >= 15 is 0 Å². The highest BCUT2D eigenvalue weighted by Crippen LogP contribution is 2.30. The lowest BCUT2D eigenvalue weighted by Gasteiger charge is -2.15. The molecule has 5 heteroatoms. The maximum absolute atomic E-state index is 9.23. The van der Waals surface area contributed by atoms with Crippen molar-refractivity contribution < 1.29 is 5.11 Å². The maximum atomic E-state index is 9.23. The zero-order chi connectivity index (χ0) is 13.4. The molecule has 1 rings (SSSR count). The monoisotopic (exact) mass is 307 g/mol. The van der Waals surface area contributed by atoms with Gasteiger partial charge in [0.1, 0.15) is 0 Å². The van der Waals surface area contributed by atoms with E-state index < -0.39 is 0 Å². The molecule has 0 heterocycles. The Labute approximate surface area is 123 Å². The maximum Gasteiger partial charge on any atom is 0.0584 e. The molecule has 0 bridgehead atoms. The second-order valence-electron chi connectivity index (χ2n) is 4.05. The Morgan fingerprint density at radius 3 is 2.83 bits per heavy atom. The topological polar surface area (TPSA) is 32.3 Å². The molecule has 1 unspecified atom stereocenters. The number of rotatable bonds is 8. The van der Waals surface area contributed by atoms with E-state index in [-0.39, 0.29) is 12.6 Å². The van der Waals surface area contributed by atoms with E-state index in [1.165, 1.54) is 0 Å². The number of aliphatic hydroxyl groups is 1. The third-order valence-corrected chi connectivity index (χ3v) is 4.29. The van der Waals surface area contributed by atoms with Crippen LogP contribution >= 0.6 is 35.0 Å². The van der Waals surface area contributed by atoms with Crippen LogP contribution in [0.3, 0.4) is 0 Å². The molecule has 0 aliphatic rings. The fraction of sp³-hybridized carbons (Fsp3) is 0.538. The summed E-state index contributed by atoms with van der Waals surface area (Å²) in [5.74, 6) is 0.905. The first-order valence-corrected chi connectivity index (χ1v) is 7.83. The molecular formula is C13H19Cl2NOS. The predicted molar refractivity (Wildman–Crippen MR) is 81.0 cm³/mol. The number of hydrogen-bond donors (Lipinski definition) is 2. The van der Waals surface area contributed by atoms with Gasteiger partial charge >= 0.3 is 0 Å². The van der Waals surface area contributed by atoms with Gasteiger partial charge in [-0.25, -0.2) is 0 Å². The fourth-order valence-corrected chi connectivity index (χ4v) is 3.06. The third-order valence-electron chi connectivity index (χ3n) is 2.52. The lowest BCUT2D eigenvalue weighted by molar-refractivity contribution is 0.240. The molecule has 1 atom stereocenters. The third kappa shape index (κ3) is 5.81. The SMILES string of the molecule is CCCNC(CO)CCSc1cc(Cl)ccc1Cl. The van der Waals surface area contributed by atoms with Gasteiger partial charge in [-0.3, -0.25) is 0 Å². The number of hydrogen-bond acceptors (Lipinski definition) is 3. The van der Waals surface area contributed by atoms with Gasteiger partial charge in [0.05, 0.1) is 11.6 Å². The summed E-state index contributed by atoms with van der Waals surface area (Å²) in [7, 11) is 0. The van der Waals surface area contributed by atoms with Gasteiger partial charge in [0.25, 0.3) is 0 Å². The minimum absolute atomic E-state index is 0.162. The summed E-state index contributed by atoms with van der Waals surface area (Å²) in [6.45, 7) is 3.22. The van der Waals surface area contributed by atoms with Crippen molar-refractivity contribution in [1.29, 1.82) is 0 Å². The van der Waals surface area contributed by atoms with Crippen LogP contribution in [0.4, 0.5) is 0 Å². The highest BCUT2D eigenvalue weighted by Gasteiger charge is 2.07. The highest BCUT2D eigenvalue weighted by molar-refractivity contribution is 7.99. The van der Waals surface area contributed by atoms with Crippen LogP contribution in [-0.2, 0) is 0 Å². The Balaban J connectivity index is 2.37. The molecule has 18 heavy (non-hydrogen) atoms. The average molecular weight is 308 g/mol. The summed E-state index contributed by atoms with van der Waals surface area (Å²) in [6, 6.07) is 5.63. The highest BCUT2D eigenvalue weighted by atomic mass is 35.5. The van der Waals surface area contributed by atoms with E-state index in [1.54, 1.807) is 17.8 Å². The summed E-state index contributed by atoms with van der Waals surface area (Å²) < 4.78 is 0. The predicted octanol–water partition coefficient (Wildman–Crippen LogP) is 3.84. The quantitative estimate of drug-likeness (QED) is 0.716. The number of thioether (sulfide) groups is 1. The van der Waals surface area contributed by atoms with Crippen LogP contribution in [0.5, 0.6) is 0 Å². The van der Waals surface area contributed by atoms with Crippen LogP contribution in [-0.4, -0.2) is 30.1 Å². The van der Waals surface area contributed by atoms with Crippen molar-refractivity contribution in [3.63, 3.8) is 0 Å². The summed E-state index contributed by atoms with van der Waals surface area (Å²) in [6.07, 6.45) is 1.98. The average Bonchev–Trinajstić information content (AvgIpc) is 2.37. The molecule has 0 aromatic heterocycles. The van der Waals surface area contributed by atoms with Crippen LogP contribution in [0.25, 0.3) is 0 Å². The first-order chi connectivity index (χ1) is 8.67. The van der Waals surface area contributed by atoms with Crippen molar-refractivity contribution in [2.24, 2.45) is 0 Å². The molecule has 0 spiro atoms. The van der Waals surface area contributed by atoms with Crippen LogP contribution in [0.2, 0.25) is 10.0 Å². The Kier molecular flexibility index (Phi) is 8.11. The summed E-state index contributed by atoms with van der Waals surface area (Å²) in [4.78, 5) is 0.997. The minimum atomic E-state index is 0.162. The van der Waals surface area contributed by atoms with Crippen molar-refractivity contribution >= 4 is 35.0 Å². The molecule has 1 aromatic carbocycles. The fourth-order valence-electron chi connectivity index (χ4n) is 1.51. The first-order valence-electron chi connectivity index (χ1n) is 6.09. The van der Waals surface area contributed by atoms with Crippen LogP contribution < -0.4 is 5.32 Å². The zero-order valence-corrected chi connectivity index (χ0v) is 12.8. The smallest absolute Gasteiger partial charge is 0.0584 e. The van der Waals surface area contributed by atoms with Gasteiger partial charge in [-0.05, 0) is 43.3 Å². The van der Waals surface area contributed by atoms with E-state index in [9.17, 15) is 5.11 Å². The minimum Gasteiger partial charge on any atom is -0.395 e. The van der Waals surface area contributed by atoms with Crippen LogP contribution in [0.1, 0.15) is 19.8 Å². The van der Waals surface area contributed by atoms with E-state index in [1.807, 2.05) is 12.1 Å².